The fourth-order valence-corrected chi connectivity index (χ4v) is 4.07. The van der Waals surface area contributed by atoms with Crippen LogP contribution in [-0.2, 0) is 0 Å². The molecule has 0 aromatic rings. The molecule has 78 valence electrons. The minimum atomic E-state index is -1.03. The summed E-state index contributed by atoms with van der Waals surface area (Å²) in [5, 5.41) is 0. The standard InChI is InChI=1S/C9H23N3Si/c1-10-13(11-2)12(3)9-7-5-4-6-8-9/h9-11,13H,4-8H2,1-3H3. The molecule has 1 rings (SSSR count). The van der Waals surface area contributed by atoms with E-state index in [0.29, 0.717) is 0 Å². The summed E-state index contributed by atoms with van der Waals surface area (Å²) in [7, 11) is 5.36. The third-order valence-corrected chi connectivity index (χ3v) is 5.43. The SMILES string of the molecule is CN[SiH](NC)N(C)C1CCCCC1. The highest BCUT2D eigenvalue weighted by Crippen LogP contribution is 2.21. The van der Waals surface area contributed by atoms with Crippen LogP contribution in [0.25, 0.3) is 0 Å². The zero-order chi connectivity index (χ0) is 9.68. The van der Waals surface area contributed by atoms with Crippen molar-refractivity contribution in [2.75, 3.05) is 21.1 Å². The van der Waals surface area contributed by atoms with Crippen LogP contribution in [0.2, 0.25) is 0 Å². The van der Waals surface area contributed by atoms with Gasteiger partial charge in [-0.2, -0.15) is 0 Å². The Balaban J connectivity index is 2.38. The highest BCUT2D eigenvalue weighted by atomic mass is 28.3. The zero-order valence-corrected chi connectivity index (χ0v) is 10.3. The fraction of sp³-hybridized carbons (Fsp3) is 1.00. The molecule has 0 atom stereocenters. The maximum Gasteiger partial charge on any atom is 0.266 e. The first-order valence-electron chi connectivity index (χ1n) is 5.36. The molecule has 0 spiro atoms. The number of nitrogens with zero attached hydrogens (tertiary/aromatic N) is 1. The van der Waals surface area contributed by atoms with E-state index in [2.05, 4.69) is 35.7 Å². The topological polar surface area (TPSA) is 27.3 Å². The van der Waals surface area contributed by atoms with Crippen molar-refractivity contribution in [1.82, 2.24) is 14.5 Å². The molecule has 0 amide bonds. The number of rotatable bonds is 4. The van der Waals surface area contributed by atoms with E-state index >= 15 is 0 Å². The lowest BCUT2D eigenvalue weighted by atomic mass is 9.96. The first kappa shape index (κ1) is 11.2. The summed E-state index contributed by atoms with van der Waals surface area (Å²) in [6.45, 7) is 0. The van der Waals surface area contributed by atoms with E-state index in [1.54, 1.807) is 0 Å². The lowest BCUT2D eigenvalue weighted by molar-refractivity contribution is 0.279. The molecule has 0 aromatic carbocycles. The van der Waals surface area contributed by atoms with Gasteiger partial charge in [-0.25, -0.2) is 0 Å². The maximum atomic E-state index is 3.40. The fourth-order valence-electron chi connectivity index (χ4n) is 2.25. The van der Waals surface area contributed by atoms with Crippen LogP contribution < -0.4 is 9.96 Å². The lowest BCUT2D eigenvalue weighted by Crippen LogP contribution is -2.59. The van der Waals surface area contributed by atoms with Crippen LogP contribution in [0, 0.1) is 0 Å². The molecule has 0 heterocycles. The number of nitrogens with one attached hydrogen (secondary N) is 2. The van der Waals surface area contributed by atoms with Crippen molar-refractivity contribution in [3.8, 4) is 0 Å². The van der Waals surface area contributed by atoms with Gasteiger partial charge in [-0.05, 0) is 34.0 Å². The van der Waals surface area contributed by atoms with Crippen LogP contribution >= 0.6 is 0 Å². The Kier molecular flexibility index (Phi) is 4.94. The molecule has 2 N–H and O–H groups in total. The Hall–Kier alpha value is 0.0969. The third-order valence-electron chi connectivity index (χ3n) is 3.10. The second kappa shape index (κ2) is 5.75. The Morgan fingerprint density at radius 2 is 1.62 bits per heavy atom. The summed E-state index contributed by atoms with van der Waals surface area (Å²) in [4.78, 5) is 6.80. The van der Waals surface area contributed by atoms with Crippen molar-refractivity contribution < 1.29 is 0 Å². The maximum absolute atomic E-state index is 3.40. The first-order chi connectivity index (χ1) is 6.29. The van der Waals surface area contributed by atoms with Gasteiger partial charge < -0.3 is 14.5 Å². The normalized spacial score (nSPS) is 20.1. The predicted molar refractivity (Wildman–Crippen MR) is 59.9 cm³/mol. The van der Waals surface area contributed by atoms with Crippen molar-refractivity contribution in [3.63, 3.8) is 0 Å². The largest absolute Gasteiger partial charge is 0.318 e. The lowest BCUT2D eigenvalue weighted by Gasteiger charge is -2.35. The minimum Gasteiger partial charge on any atom is -0.318 e. The van der Waals surface area contributed by atoms with E-state index in [-0.39, 0.29) is 0 Å². The van der Waals surface area contributed by atoms with E-state index in [0.717, 1.165) is 6.04 Å². The van der Waals surface area contributed by atoms with Crippen molar-refractivity contribution in [3.05, 3.63) is 0 Å². The highest BCUT2D eigenvalue weighted by Gasteiger charge is 2.23. The Morgan fingerprint density at radius 1 is 1.08 bits per heavy atom. The molecule has 1 fully saturated rings. The van der Waals surface area contributed by atoms with Crippen LogP contribution in [0.1, 0.15) is 32.1 Å². The van der Waals surface area contributed by atoms with E-state index in [1.165, 1.54) is 32.1 Å². The van der Waals surface area contributed by atoms with Crippen LogP contribution in [0.4, 0.5) is 0 Å². The predicted octanol–water partition coefficient (Wildman–Crippen LogP) is 0.407. The zero-order valence-electron chi connectivity index (χ0n) is 9.14. The second-order valence-corrected chi connectivity index (χ2v) is 6.71. The van der Waals surface area contributed by atoms with Gasteiger partial charge in [-0.3, -0.25) is 0 Å². The van der Waals surface area contributed by atoms with Gasteiger partial charge in [0, 0.05) is 6.04 Å². The van der Waals surface area contributed by atoms with Gasteiger partial charge in [0.1, 0.15) is 0 Å². The molecule has 0 unspecified atom stereocenters. The summed E-state index contributed by atoms with van der Waals surface area (Å²) in [5.74, 6) is 0. The third kappa shape index (κ3) is 3.05. The molecule has 0 aliphatic heterocycles. The van der Waals surface area contributed by atoms with Crippen molar-refractivity contribution in [2.24, 2.45) is 0 Å². The molecule has 0 bridgehead atoms. The molecular formula is C9H23N3Si. The van der Waals surface area contributed by atoms with E-state index in [9.17, 15) is 0 Å². The van der Waals surface area contributed by atoms with Gasteiger partial charge in [-0.1, -0.05) is 19.3 Å². The molecule has 3 nitrogen and oxygen atoms in total. The Morgan fingerprint density at radius 3 is 2.08 bits per heavy atom. The highest BCUT2D eigenvalue weighted by molar-refractivity contribution is 6.49. The molecule has 1 aliphatic carbocycles. The van der Waals surface area contributed by atoms with Crippen LogP contribution in [0.5, 0.6) is 0 Å². The molecule has 0 radical (unpaired) electrons. The Labute approximate surface area is 83.7 Å². The van der Waals surface area contributed by atoms with Crippen molar-refractivity contribution in [1.29, 1.82) is 0 Å². The van der Waals surface area contributed by atoms with E-state index in [1.807, 2.05) is 0 Å². The van der Waals surface area contributed by atoms with Gasteiger partial charge >= 0.3 is 0 Å². The number of hydrogen-bond acceptors (Lipinski definition) is 3. The van der Waals surface area contributed by atoms with Gasteiger partial charge in [-0.15, -0.1) is 0 Å². The molecule has 1 aliphatic rings. The molecule has 4 heteroatoms. The average Bonchev–Trinajstić information content (AvgIpc) is 2.21. The van der Waals surface area contributed by atoms with Crippen LogP contribution in [-0.4, -0.2) is 41.0 Å². The van der Waals surface area contributed by atoms with Gasteiger partial charge in [0.25, 0.3) is 9.28 Å². The smallest absolute Gasteiger partial charge is 0.266 e. The quantitative estimate of drug-likeness (QED) is 0.645. The second-order valence-electron chi connectivity index (χ2n) is 3.94. The summed E-state index contributed by atoms with van der Waals surface area (Å²) in [6, 6.07) is 0.824. The Bertz CT molecular complexity index is 133. The molecule has 13 heavy (non-hydrogen) atoms. The molecule has 1 saturated carbocycles. The summed E-state index contributed by atoms with van der Waals surface area (Å²) in [5.41, 5.74) is 0. The molecule has 0 saturated heterocycles. The van der Waals surface area contributed by atoms with Gasteiger partial charge in [0.2, 0.25) is 0 Å². The van der Waals surface area contributed by atoms with Crippen LogP contribution in [0.15, 0.2) is 0 Å². The minimum absolute atomic E-state index is 0.824. The molecule has 0 aromatic heterocycles. The van der Waals surface area contributed by atoms with Crippen molar-refractivity contribution >= 4 is 9.28 Å². The monoisotopic (exact) mass is 201 g/mol. The first-order valence-corrected chi connectivity index (χ1v) is 7.03. The van der Waals surface area contributed by atoms with E-state index < -0.39 is 9.28 Å². The average molecular weight is 201 g/mol. The van der Waals surface area contributed by atoms with Crippen LogP contribution in [0.3, 0.4) is 0 Å². The van der Waals surface area contributed by atoms with E-state index in [4.69, 9.17) is 0 Å². The molecular weight excluding hydrogens is 178 g/mol. The summed E-state index contributed by atoms with van der Waals surface area (Å²) < 4.78 is 2.55. The summed E-state index contributed by atoms with van der Waals surface area (Å²) in [6.07, 6.45) is 7.06. The van der Waals surface area contributed by atoms with Gasteiger partial charge in [0.15, 0.2) is 0 Å². The van der Waals surface area contributed by atoms with Gasteiger partial charge in [0.05, 0.1) is 0 Å². The number of hydrogen-bond donors (Lipinski definition) is 2. The van der Waals surface area contributed by atoms with Crippen molar-refractivity contribution in [2.45, 2.75) is 38.1 Å². The summed E-state index contributed by atoms with van der Waals surface area (Å²) >= 11 is 0.